The van der Waals surface area contributed by atoms with Gasteiger partial charge in [0.05, 0.1) is 15.7 Å². The van der Waals surface area contributed by atoms with Crippen LogP contribution in [-0.2, 0) is 4.79 Å². The minimum absolute atomic E-state index is 0.00730. The smallest absolute Gasteiger partial charge is 0.227 e. The average molecular weight is 287 g/mol. The molecule has 0 aromatic heterocycles. The van der Waals surface area contributed by atoms with E-state index in [0.717, 1.165) is 19.3 Å². The summed E-state index contributed by atoms with van der Waals surface area (Å²) in [5, 5.41) is 3.67. The molecule has 1 aliphatic carbocycles. The Bertz CT molecular complexity index is 451. The van der Waals surface area contributed by atoms with E-state index >= 15 is 0 Å². The van der Waals surface area contributed by atoms with Crippen molar-refractivity contribution in [2.45, 2.75) is 19.3 Å². The lowest BCUT2D eigenvalue weighted by Gasteiger charge is -2.18. The maximum Gasteiger partial charge on any atom is 0.227 e. The van der Waals surface area contributed by atoms with Crippen LogP contribution in [0.15, 0.2) is 18.2 Å². The van der Waals surface area contributed by atoms with Gasteiger partial charge < -0.3 is 11.1 Å². The number of hydrogen-bond donors (Lipinski definition) is 2. The van der Waals surface area contributed by atoms with Crippen LogP contribution in [0.2, 0.25) is 10.0 Å². The highest BCUT2D eigenvalue weighted by Gasteiger charge is 2.32. The number of benzene rings is 1. The summed E-state index contributed by atoms with van der Waals surface area (Å²) in [5.41, 5.74) is 6.25. The number of carbonyl (C=O) groups excluding carboxylic acids is 1. The van der Waals surface area contributed by atoms with Gasteiger partial charge in [0.2, 0.25) is 5.91 Å². The van der Waals surface area contributed by atoms with Crippen LogP contribution in [-0.4, -0.2) is 12.5 Å². The van der Waals surface area contributed by atoms with Gasteiger partial charge in [-0.2, -0.15) is 0 Å². The summed E-state index contributed by atoms with van der Waals surface area (Å²) in [7, 11) is 0. The summed E-state index contributed by atoms with van der Waals surface area (Å²) in [6.07, 6.45) is 2.98. The van der Waals surface area contributed by atoms with E-state index in [2.05, 4.69) is 5.32 Å². The number of nitrogens with two attached hydrogens (primary N) is 1. The highest BCUT2D eigenvalue weighted by molar-refractivity contribution is 6.44. The van der Waals surface area contributed by atoms with E-state index in [1.54, 1.807) is 18.2 Å². The molecule has 0 heterocycles. The van der Waals surface area contributed by atoms with Gasteiger partial charge in [-0.1, -0.05) is 35.7 Å². The third-order valence-electron chi connectivity index (χ3n) is 3.51. The predicted octanol–water partition coefficient (Wildman–Crippen LogP) is 3.31. The fraction of sp³-hybridized carbons (Fsp3) is 0.462. The molecule has 2 rings (SSSR count). The minimum Gasteiger partial charge on any atom is -0.330 e. The van der Waals surface area contributed by atoms with Crippen molar-refractivity contribution in [1.82, 2.24) is 0 Å². The Kier molecular flexibility index (Phi) is 4.49. The zero-order valence-electron chi connectivity index (χ0n) is 9.96. The minimum atomic E-state index is -0.00921. The zero-order chi connectivity index (χ0) is 13.1. The molecule has 0 spiro atoms. The van der Waals surface area contributed by atoms with Crippen molar-refractivity contribution >= 4 is 34.8 Å². The number of rotatable bonds is 3. The molecule has 5 heteroatoms. The van der Waals surface area contributed by atoms with Gasteiger partial charge >= 0.3 is 0 Å². The molecule has 3 N–H and O–H groups in total. The molecular weight excluding hydrogens is 271 g/mol. The van der Waals surface area contributed by atoms with Crippen molar-refractivity contribution in [3.63, 3.8) is 0 Å². The second-order valence-corrected chi connectivity index (χ2v) is 5.41. The Hall–Kier alpha value is -0.770. The Balaban J connectivity index is 2.09. The van der Waals surface area contributed by atoms with Crippen LogP contribution in [0.4, 0.5) is 5.69 Å². The lowest BCUT2D eigenvalue weighted by atomic mass is 9.95. The Morgan fingerprint density at radius 2 is 2.17 bits per heavy atom. The second kappa shape index (κ2) is 5.91. The quantitative estimate of drug-likeness (QED) is 0.896. The molecule has 0 saturated heterocycles. The van der Waals surface area contributed by atoms with Crippen LogP contribution < -0.4 is 11.1 Å². The standard InChI is InChI=1S/C13H16Cl2N2O/c14-10-5-2-6-11(12(10)15)17-13(18)9-4-1-3-8(9)7-16/h2,5-6,8-9H,1,3-4,7,16H2,(H,17,18). The summed E-state index contributed by atoms with van der Waals surface area (Å²) < 4.78 is 0. The molecule has 1 aliphatic rings. The van der Waals surface area contributed by atoms with E-state index in [1.807, 2.05) is 0 Å². The molecule has 0 aliphatic heterocycles. The number of carbonyl (C=O) groups is 1. The van der Waals surface area contributed by atoms with Crippen molar-refractivity contribution in [2.24, 2.45) is 17.6 Å². The largest absolute Gasteiger partial charge is 0.330 e. The molecule has 2 unspecified atom stereocenters. The van der Waals surface area contributed by atoms with Crippen LogP contribution in [0.1, 0.15) is 19.3 Å². The van der Waals surface area contributed by atoms with Gasteiger partial charge in [0.15, 0.2) is 0 Å². The Morgan fingerprint density at radius 1 is 1.39 bits per heavy atom. The van der Waals surface area contributed by atoms with Gasteiger partial charge in [0.25, 0.3) is 0 Å². The molecule has 18 heavy (non-hydrogen) atoms. The monoisotopic (exact) mass is 286 g/mol. The van der Waals surface area contributed by atoms with Crippen LogP contribution in [0.5, 0.6) is 0 Å². The fourth-order valence-corrected chi connectivity index (χ4v) is 2.84. The first-order chi connectivity index (χ1) is 8.63. The van der Waals surface area contributed by atoms with E-state index in [-0.39, 0.29) is 17.7 Å². The van der Waals surface area contributed by atoms with Gasteiger partial charge in [-0.3, -0.25) is 4.79 Å². The number of halogens is 2. The molecule has 98 valence electrons. The van der Waals surface area contributed by atoms with Gasteiger partial charge in [0, 0.05) is 5.92 Å². The molecule has 1 aromatic rings. The highest BCUT2D eigenvalue weighted by Crippen LogP contribution is 2.34. The summed E-state index contributed by atoms with van der Waals surface area (Å²) in [6, 6.07) is 5.20. The van der Waals surface area contributed by atoms with E-state index in [1.165, 1.54) is 0 Å². The number of nitrogens with one attached hydrogen (secondary N) is 1. The zero-order valence-corrected chi connectivity index (χ0v) is 11.5. The fourth-order valence-electron chi connectivity index (χ4n) is 2.49. The molecule has 0 radical (unpaired) electrons. The van der Waals surface area contributed by atoms with Gasteiger partial charge in [-0.25, -0.2) is 0 Å². The summed E-state index contributed by atoms with van der Waals surface area (Å²) >= 11 is 12.0. The number of amides is 1. The van der Waals surface area contributed by atoms with Crippen LogP contribution in [0.25, 0.3) is 0 Å². The predicted molar refractivity (Wildman–Crippen MR) is 75.0 cm³/mol. The second-order valence-electron chi connectivity index (χ2n) is 4.62. The van der Waals surface area contributed by atoms with Crippen molar-refractivity contribution in [3.05, 3.63) is 28.2 Å². The third-order valence-corrected chi connectivity index (χ3v) is 4.33. The molecule has 1 fully saturated rings. The summed E-state index contributed by atoms with van der Waals surface area (Å²) in [6.45, 7) is 0.557. The first-order valence-electron chi connectivity index (χ1n) is 6.08. The number of hydrogen-bond acceptors (Lipinski definition) is 2. The molecule has 3 nitrogen and oxygen atoms in total. The van der Waals surface area contributed by atoms with Crippen LogP contribution >= 0.6 is 23.2 Å². The lowest BCUT2D eigenvalue weighted by Crippen LogP contribution is -2.29. The summed E-state index contributed by atoms with van der Waals surface area (Å²) in [4.78, 5) is 12.2. The van der Waals surface area contributed by atoms with Crippen molar-refractivity contribution < 1.29 is 4.79 Å². The van der Waals surface area contributed by atoms with Gasteiger partial charge in [0.1, 0.15) is 0 Å². The summed E-state index contributed by atoms with van der Waals surface area (Å²) in [5.74, 6) is 0.264. The van der Waals surface area contributed by atoms with Crippen molar-refractivity contribution in [3.8, 4) is 0 Å². The van der Waals surface area contributed by atoms with Crippen molar-refractivity contribution in [2.75, 3.05) is 11.9 Å². The first-order valence-corrected chi connectivity index (χ1v) is 6.84. The maximum absolute atomic E-state index is 12.2. The Labute approximate surface area is 117 Å². The van der Waals surface area contributed by atoms with E-state index in [4.69, 9.17) is 28.9 Å². The Morgan fingerprint density at radius 3 is 2.89 bits per heavy atom. The van der Waals surface area contributed by atoms with Crippen LogP contribution in [0.3, 0.4) is 0 Å². The van der Waals surface area contributed by atoms with E-state index in [9.17, 15) is 4.79 Å². The topological polar surface area (TPSA) is 55.1 Å². The van der Waals surface area contributed by atoms with E-state index < -0.39 is 0 Å². The third kappa shape index (κ3) is 2.79. The first kappa shape index (κ1) is 13.7. The molecule has 2 atom stereocenters. The highest BCUT2D eigenvalue weighted by atomic mass is 35.5. The van der Waals surface area contributed by atoms with Crippen molar-refractivity contribution in [1.29, 1.82) is 0 Å². The molecule has 1 amide bonds. The lowest BCUT2D eigenvalue weighted by molar-refractivity contribution is -0.120. The van der Waals surface area contributed by atoms with Crippen LogP contribution in [0, 0.1) is 11.8 Å². The average Bonchev–Trinajstić information content (AvgIpc) is 2.83. The molecule has 0 bridgehead atoms. The number of anilines is 1. The van der Waals surface area contributed by atoms with E-state index in [0.29, 0.717) is 22.3 Å². The van der Waals surface area contributed by atoms with Gasteiger partial charge in [-0.15, -0.1) is 0 Å². The molecular formula is C13H16Cl2N2O. The SMILES string of the molecule is NCC1CCCC1C(=O)Nc1cccc(Cl)c1Cl. The maximum atomic E-state index is 12.2. The van der Waals surface area contributed by atoms with Gasteiger partial charge in [-0.05, 0) is 37.4 Å². The normalized spacial score (nSPS) is 23.1. The molecule has 1 saturated carbocycles. The molecule has 1 aromatic carbocycles.